The molecule has 1 amide bonds. The molecule has 0 aromatic rings. The van der Waals surface area contributed by atoms with Crippen LogP contribution >= 0.6 is 0 Å². The van der Waals surface area contributed by atoms with Crippen LogP contribution < -0.4 is 5.32 Å². The first kappa shape index (κ1) is 14.4. The molecule has 0 aliphatic heterocycles. The van der Waals surface area contributed by atoms with Crippen LogP contribution in [0.1, 0.15) is 33.6 Å². The summed E-state index contributed by atoms with van der Waals surface area (Å²) < 4.78 is 0. The molecule has 4 heteroatoms. The number of aliphatic hydroxyl groups is 1. The summed E-state index contributed by atoms with van der Waals surface area (Å²) in [5, 5.41) is 12.2. The van der Waals surface area contributed by atoms with Gasteiger partial charge in [0.2, 0.25) is 5.91 Å². The second-order valence-electron chi connectivity index (χ2n) is 4.25. The Kier molecular flexibility index (Phi) is 7.34. The Balaban J connectivity index is 3.65. The van der Waals surface area contributed by atoms with Crippen molar-refractivity contribution in [3.8, 4) is 0 Å². The molecular weight excluding hydrogens is 192 g/mol. The van der Waals surface area contributed by atoms with E-state index in [1.807, 2.05) is 6.92 Å². The molecule has 0 saturated heterocycles. The van der Waals surface area contributed by atoms with E-state index in [1.165, 1.54) is 0 Å². The Hall–Kier alpha value is -0.610. The van der Waals surface area contributed by atoms with Crippen molar-refractivity contribution in [1.82, 2.24) is 10.2 Å². The fourth-order valence-electron chi connectivity index (χ4n) is 1.17. The molecule has 0 rings (SSSR count). The van der Waals surface area contributed by atoms with E-state index < -0.39 is 0 Å². The zero-order valence-electron chi connectivity index (χ0n) is 10.3. The molecule has 0 heterocycles. The number of hydrogen-bond donors (Lipinski definition) is 2. The van der Waals surface area contributed by atoms with E-state index in [0.29, 0.717) is 12.5 Å². The minimum absolute atomic E-state index is 0.0203. The minimum atomic E-state index is -0.0874. The normalized spacial score (nSPS) is 12.9. The van der Waals surface area contributed by atoms with Crippen LogP contribution in [0.4, 0.5) is 0 Å². The van der Waals surface area contributed by atoms with Crippen LogP contribution in [-0.2, 0) is 4.79 Å². The Labute approximate surface area is 92.7 Å². The highest BCUT2D eigenvalue weighted by Gasteiger charge is 2.13. The molecule has 4 nitrogen and oxygen atoms in total. The predicted octanol–water partition coefficient (Wildman–Crippen LogP) is 0.604. The van der Waals surface area contributed by atoms with Gasteiger partial charge in [-0.3, -0.25) is 4.79 Å². The molecule has 0 fully saturated rings. The number of carbonyl (C=O) groups is 1. The molecule has 0 spiro atoms. The quantitative estimate of drug-likeness (QED) is 0.613. The van der Waals surface area contributed by atoms with E-state index in [4.69, 9.17) is 5.11 Å². The molecule has 1 unspecified atom stereocenters. The molecule has 0 bridgehead atoms. The molecule has 0 aliphatic carbocycles. The topological polar surface area (TPSA) is 52.6 Å². The number of nitrogens with zero attached hydrogens (tertiary/aromatic N) is 1. The number of rotatable bonds is 7. The Morgan fingerprint density at radius 2 is 2.00 bits per heavy atom. The maximum absolute atomic E-state index is 11.6. The van der Waals surface area contributed by atoms with Gasteiger partial charge in [0.25, 0.3) is 0 Å². The smallest absolute Gasteiger partial charge is 0.222 e. The minimum Gasteiger partial charge on any atom is -0.394 e. The molecule has 0 radical (unpaired) electrons. The molecule has 2 N–H and O–H groups in total. The van der Waals surface area contributed by atoms with E-state index in [0.717, 1.165) is 13.0 Å². The SMILES string of the molecule is CC(C)NCCCC(=O)N(C)C(C)CO. The van der Waals surface area contributed by atoms with Gasteiger partial charge in [0.1, 0.15) is 0 Å². The van der Waals surface area contributed by atoms with Crippen LogP contribution in [0.25, 0.3) is 0 Å². The standard InChI is InChI=1S/C11H24N2O2/c1-9(2)12-7-5-6-11(15)13(4)10(3)8-14/h9-10,12,14H,5-8H2,1-4H3. The predicted molar refractivity (Wildman–Crippen MR) is 61.7 cm³/mol. The summed E-state index contributed by atoms with van der Waals surface area (Å²) in [5.74, 6) is 0.0992. The summed E-state index contributed by atoms with van der Waals surface area (Å²) in [7, 11) is 1.74. The van der Waals surface area contributed by atoms with Crippen molar-refractivity contribution in [2.75, 3.05) is 20.2 Å². The maximum atomic E-state index is 11.6. The van der Waals surface area contributed by atoms with Crippen LogP contribution in [0.5, 0.6) is 0 Å². The van der Waals surface area contributed by atoms with Crippen LogP contribution in [0.2, 0.25) is 0 Å². The molecule has 15 heavy (non-hydrogen) atoms. The second kappa shape index (κ2) is 7.65. The number of hydrogen-bond acceptors (Lipinski definition) is 3. The summed E-state index contributed by atoms with van der Waals surface area (Å²) in [6.07, 6.45) is 1.39. The van der Waals surface area contributed by atoms with Gasteiger partial charge in [-0.1, -0.05) is 13.8 Å². The zero-order valence-corrected chi connectivity index (χ0v) is 10.3. The van der Waals surface area contributed by atoms with Crippen LogP contribution in [0.15, 0.2) is 0 Å². The van der Waals surface area contributed by atoms with Gasteiger partial charge < -0.3 is 15.3 Å². The number of amides is 1. The summed E-state index contributed by atoms with van der Waals surface area (Å²) in [4.78, 5) is 13.2. The monoisotopic (exact) mass is 216 g/mol. The Bertz CT molecular complexity index is 183. The van der Waals surface area contributed by atoms with Crippen molar-refractivity contribution in [3.63, 3.8) is 0 Å². The third-order valence-electron chi connectivity index (χ3n) is 2.44. The van der Waals surface area contributed by atoms with Gasteiger partial charge in [-0.2, -0.15) is 0 Å². The summed E-state index contributed by atoms with van der Waals surface area (Å²) in [6.45, 7) is 6.89. The fourth-order valence-corrected chi connectivity index (χ4v) is 1.17. The van der Waals surface area contributed by atoms with E-state index in [-0.39, 0.29) is 18.6 Å². The summed E-state index contributed by atoms with van der Waals surface area (Å²) in [5.41, 5.74) is 0. The lowest BCUT2D eigenvalue weighted by molar-refractivity contribution is -0.132. The summed E-state index contributed by atoms with van der Waals surface area (Å²) in [6, 6.07) is 0.379. The number of aliphatic hydroxyl groups excluding tert-OH is 1. The highest BCUT2D eigenvalue weighted by molar-refractivity contribution is 5.76. The van der Waals surface area contributed by atoms with E-state index in [9.17, 15) is 4.79 Å². The van der Waals surface area contributed by atoms with Crippen molar-refractivity contribution in [3.05, 3.63) is 0 Å². The lowest BCUT2D eigenvalue weighted by Crippen LogP contribution is -2.37. The number of nitrogens with one attached hydrogen (secondary N) is 1. The second-order valence-corrected chi connectivity index (χ2v) is 4.25. The van der Waals surface area contributed by atoms with Crippen LogP contribution in [0.3, 0.4) is 0 Å². The van der Waals surface area contributed by atoms with Gasteiger partial charge in [0, 0.05) is 19.5 Å². The molecule has 0 aromatic heterocycles. The van der Waals surface area contributed by atoms with Gasteiger partial charge in [0.15, 0.2) is 0 Å². The third-order valence-corrected chi connectivity index (χ3v) is 2.44. The van der Waals surface area contributed by atoms with Crippen molar-refractivity contribution >= 4 is 5.91 Å². The highest BCUT2D eigenvalue weighted by Crippen LogP contribution is 2.00. The Morgan fingerprint density at radius 3 is 2.47 bits per heavy atom. The lowest BCUT2D eigenvalue weighted by atomic mass is 10.2. The first-order valence-corrected chi connectivity index (χ1v) is 5.59. The van der Waals surface area contributed by atoms with Crippen molar-refractivity contribution in [2.24, 2.45) is 0 Å². The van der Waals surface area contributed by atoms with Gasteiger partial charge >= 0.3 is 0 Å². The zero-order chi connectivity index (χ0) is 11.8. The first-order valence-electron chi connectivity index (χ1n) is 5.59. The average molecular weight is 216 g/mol. The third kappa shape index (κ3) is 6.47. The summed E-state index contributed by atoms with van der Waals surface area (Å²) >= 11 is 0. The molecule has 90 valence electrons. The molecule has 0 aliphatic rings. The van der Waals surface area contributed by atoms with Crippen LogP contribution in [0, 0.1) is 0 Å². The van der Waals surface area contributed by atoms with Crippen molar-refractivity contribution < 1.29 is 9.90 Å². The molecule has 1 atom stereocenters. The average Bonchev–Trinajstić information content (AvgIpc) is 2.21. The highest BCUT2D eigenvalue weighted by atomic mass is 16.3. The molecular formula is C11H24N2O2. The van der Waals surface area contributed by atoms with Crippen LogP contribution in [-0.4, -0.2) is 48.2 Å². The van der Waals surface area contributed by atoms with E-state index in [1.54, 1.807) is 11.9 Å². The van der Waals surface area contributed by atoms with Gasteiger partial charge in [-0.25, -0.2) is 0 Å². The fraction of sp³-hybridized carbons (Fsp3) is 0.909. The van der Waals surface area contributed by atoms with Crippen molar-refractivity contribution in [2.45, 2.75) is 45.7 Å². The van der Waals surface area contributed by atoms with E-state index >= 15 is 0 Å². The van der Waals surface area contributed by atoms with Gasteiger partial charge in [-0.15, -0.1) is 0 Å². The van der Waals surface area contributed by atoms with Gasteiger partial charge in [0.05, 0.1) is 12.6 Å². The van der Waals surface area contributed by atoms with Gasteiger partial charge in [-0.05, 0) is 19.9 Å². The van der Waals surface area contributed by atoms with E-state index in [2.05, 4.69) is 19.2 Å². The lowest BCUT2D eigenvalue weighted by Gasteiger charge is -2.23. The molecule has 0 saturated carbocycles. The molecule has 0 aromatic carbocycles. The number of likely N-dealkylation sites (N-methyl/N-ethyl adjacent to an activating group) is 1. The first-order chi connectivity index (χ1) is 6.99. The largest absolute Gasteiger partial charge is 0.394 e. The number of carbonyl (C=O) groups excluding carboxylic acids is 1. The van der Waals surface area contributed by atoms with Crippen molar-refractivity contribution in [1.29, 1.82) is 0 Å². The Morgan fingerprint density at radius 1 is 1.40 bits per heavy atom. The maximum Gasteiger partial charge on any atom is 0.222 e.